The molecule has 4 rings (SSSR count). The van der Waals surface area contributed by atoms with Crippen molar-refractivity contribution in [1.82, 2.24) is 15.1 Å². The van der Waals surface area contributed by atoms with Gasteiger partial charge in [0.05, 0.1) is 23.9 Å². The van der Waals surface area contributed by atoms with Gasteiger partial charge in [0.15, 0.2) is 5.82 Å². The first-order valence-corrected chi connectivity index (χ1v) is 11.1. The van der Waals surface area contributed by atoms with Crippen LogP contribution in [0.5, 0.6) is 0 Å². The second-order valence-corrected chi connectivity index (χ2v) is 8.48. The topological polar surface area (TPSA) is 85.2 Å². The molecule has 0 saturated carbocycles. The molecule has 38 heavy (non-hydrogen) atoms. The number of anilines is 1. The predicted octanol–water partition coefficient (Wildman–Crippen LogP) is 4.76. The van der Waals surface area contributed by atoms with Gasteiger partial charge >= 0.3 is 12.4 Å². The van der Waals surface area contributed by atoms with Crippen molar-refractivity contribution in [2.24, 2.45) is 5.92 Å². The highest BCUT2D eigenvalue weighted by molar-refractivity contribution is 5.97. The van der Waals surface area contributed by atoms with Crippen molar-refractivity contribution in [3.63, 3.8) is 0 Å². The van der Waals surface area contributed by atoms with E-state index in [4.69, 9.17) is 0 Å². The number of alkyl halides is 6. The summed E-state index contributed by atoms with van der Waals surface area (Å²) in [4.78, 5) is 24.0. The van der Waals surface area contributed by atoms with E-state index in [9.17, 15) is 40.3 Å². The molecule has 1 aliphatic rings. The zero-order valence-corrected chi connectivity index (χ0v) is 19.2. The summed E-state index contributed by atoms with van der Waals surface area (Å²) in [5, 5.41) is 9.42. The van der Waals surface area contributed by atoms with E-state index in [1.165, 1.54) is 10.7 Å². The number of benzene rings is 2. The Morgan fingerprint density at radius 2 is 1.76 bits per heavy atom. The largest absolute Gasteiger partial charge is 0.423 e. The molecule has 1 atom stereocenters. The van der Waals surface area contributed by atoms with Gasteiger partial charge in [0.2, 0.25) is 17.9 Å². The predicted molar refractivity (Wildman–Crippen MR) is 119 cm³/mol. The smallest absolute Gasteiger partial charge is 0.356 e. The number of nitrogens with one attached hydrogen (secondary N) is 2. The highest BCUT2D eigenvalue weighted by Crippen LogP contribution is 2.36. The normalized spacial score (nSPS) is 16.1. The van der Waals surface area contributed by atoms with Gasteiger partial charge in [0, 0.05) is 24.6 Å². The number of hydrogen-bond donors (Lipinski definition) is 2. The molecular weight excluding hydrogens is 525 g/mol. The van der Waals surface area contributed by atoms with Crippen LogP contribution in [0.4, 0.5) is 36.6 Å². The van der Waals surface area contributed by atoms with Crippen LogP contribution in [0.3, 0.4) is 0 Å². The van der Waals surface area contributed by atoms with Gasteiger partial charge in [0.25, 0.3) is 0 Å². The van der Waals surface area contributed by atoms with Gasteiger partial charge in [-0.25, -0.2) is 9.07 Å². The quantitative estimate of drug-likeness (QED) is 0.420. The molecular formula is C24H19F7N4O3. The third kappa shape index (κ3) is 6.30. The Hall–Kier alpha value is -3.94. The summed E-state index contributed by atoms with van der Waals surface area (Å²) in [6, 6.07) is 12.6. The molecule has 2 heterocycles. The second kappa shape index (κ2) is 10.4. The van der Waals surface area contributed by atoms with Gasteiger partial charge in [-0.3, -0.25) is 9.59 Å². The van der Waals surface area contributed by atoms with E-state index in [0.29, 0.717) is 5.69 Å². The van der Waals surface area contributed by atoms with Crippen molar-refractivity contribution in [3.8, 4) is 16.9 Å². The zero-order chi connectivity index (χ0) is 27.7. The Balaban J connectivity index is 1.66. The molecule has 0 unspecified atom stereocenters. The molecule has 0 bridgehead atoms. The number of hydrogen-bond acceptors (Lipinski definition) is 4. The maximum atomic E-state index is 14.5. The number of carbonyl (C=O) groups is 2. The molecule has 7 nitrogen and oxygen atoms in total. The van der Waals surface area contributed by atoms with Crippen molar-refractivity contribution in [2.75, 3.05) is 11.9 Å². The fraction of sp³-hybridized carbons (Fsp3) is 0.292. The molecule has 0 radical (unpaired) electrons. The average molecular weight is 544 g/mol. The van der Waals surface area contributed by atoms with E-state index in [2.05, 4.69) is 20.5 Å². The minimum Gasteiger partial charge on any atom is -0.356 e. The summed E-state index contributed by atoms with van der Waals surface area (Å²) in [5.74, 6) is -2.33. The van der Waals surface area contributed by atoms with Crippen molar-refractivity contribution >= 4 is 17.6 Å². The van der Waals surface area contributed by atoms with E-state index in [0.717, 1.165) is 18.2 Å². The fourth-order valence-corrected chi connectivity index (χ4v) is 3.87. The molecule has 3 aromatic rings. The highest BCUT2D eigenvalue weighted by Gasteiger charge is 2.58. The SMILES string of the molecule is O=C1C[C@H](C(=O)Nc2cc(-c3cc(F)cc(COC(C(F)(F)F)C(F)(F)F)c3)n(-c3ccccc3)n2)CN1. The number of nitrogens with zero attached hydrogens (tertiary/aromatic N) is 2. The summed E-state index contributed by atoms with van der Waals surface area (Å²) in [6.07, 6.45) is -15.5. The van der Waals surface area contributed by atoms with Crippen molar-refractivity contribution < 1.29 is 45.1 Å². The number of para-hydroxylation sites is 1. The molecule has 0 aliphatic carbocycles. The van der Waals surface area contributed by atoms with Crippen LogP contribution in [-0.4, -0.2) is 46.6 Å². The summed E-state index contributed by atoms with van der Waals surface area (Å²) in [5.41, 5.74) is 0.405. The zero-order valence-electron chi connectivity index (χ0n) is 19.2. The van der Waals surface area contributed by atoms with Crippen LogP contribution in [-0.2, 0) is 20.9 Å². The van der Waals surface area contributed by atoms with Crippen LogP contribution in [0.1, 0.15) is 12.0 Å². The van der Waals surface area contributed by atoms with Crippen LogP contribution >= 0.6 is 0 Å². The number of rotatable bonds is 7. The van der Waals surface area contributed by atoms with E-state index in [1.54, 1.807) is 30.3 Å². The standard InChI is InChI=1S/C24H19F7N4O3/c25-16-7-13(12-38-22(23(26,27)28)24(29,30)31)6-14(8-16)18-10-19(33-21(37)15-9-20(36)32-11-15)34-35(18)17-4-2-1-3-5-17/h1-8,10,15,22H,9,11-12H2,(H,32,36)(H,33,34,37)/t15-/m0/s1. The molecule has 1 saturated heterocycles. The second-order valence-electron chi connectivity index (χ2n) is 8.48. The Kier molecular flexibility index (Phi) is 7.44. The van der Waals surface area contributed by atoms with Gasteiger partial charge < -0.3 is 15.4 Å². The number of aromatic nitrogens is 2. The van der Waals surface area contributed by atoms with E-state index in [-0.39, 0.29) is 41.5 Å². The van der Waals surface area contributed by atoms with Gasteiger partial charge in [-0.2, -0.15) is 26.3 Å². The minimum atomic E-state index is -5.72. The first kappa shape index (κ1) is 27.1. The van der Waals surface area contributed by atoms with Crippen LogP contribution in [0.2, 0.25) is 0 Å². The first-order chi connectivity index (χ1) is 17.8. The molecule has 0 spiro atoms. The van der Waals surface area contributed by atoms with Crippen molar-refractivity contribution in [2.45, 2.75) is 31.5 Å². The lowest BCUT2D eigenvalue weighted by Gasteiger charge is -2.23. The maximum Gasteiger partial charge on any atom is 0.423 e. The molecule has 2 N–H and O–H groups in total. The van der Waals surface area contributed by atoms with Gasteiger partial charge in [-0.1, -0.05) is 18.2 Å². The van der Waals surface area contributed by atoms with E-state index < -0.39 is 42.7 Å². The number of halogens is 7. The maximum absolute atomic E-state index is 14.5. The Bertz CT molecular complexity index is 1310. The third-order valence-electron chi connectivity index (χ3n) is 5.57. The first-order valence-electron chi connectivity index (χ1n) is 11.1. The lowest BCUT2D eigenvalue weighted by molar-refractivity contribution is -0.324. The van der Waals surface area contributed by atoms with Gasteiger partial charge in [-0.05, 0) is 35.9 Å². The highest BCUT2D eigenvalue weighted by atomic mass is 19.4. The van der Waals surface area contributed by atoms with Crippen LogP contribution in [0, 0.1) is 11.7 Å². The summed E-state index contributed by atoms with van der Waals surface area (Å²) >= 11 is 0. The van der Waals surface area contributed by atoms with E-state index >= 15 is 0 Å². The monoisotopic (exact) mass is 544 g/mol. The summed E-state index contributed by atoms with van der Waals surface area (Å²) in [6.45, 7) is -1.04. The van der Waals surface area contributed by atoms with Gasteiger partial charge in [0.1, 0.15) is 5.82 Å². The number of amides is 2. The minimum absolute atomic E-state index is 0.0117. The molecule has 1 fully saturated rings. The number of ether oxygens (including phenoxy) is 1. The molecule has 2 amide bonds. The summed E-state index contributed by atoms with van der Waals surface area (Å²) < 4.78 is 96.9. The Morgan fingerprint density at radius 1 is 1.08 bits per heavy atom. The molecule has 1 aliphatic heterocycles. The Labute approximate surface area is 210 Å². The molecule has 2 aromatic carbocycles. The lowest BCUT2D eigenvalue weighted by atomic mass is 10.1. The third-order valence-corrected chi connectivity index (χ3v) is 5.57. The molecule has 14 heteroatoms. The Morgan fingerprint density at radius 3 is 2.37 bits per heavy atom. The van der Waals surface area contributed by atoms with Crippen LogP contribution in [0.25, 0.3) is 16.9 Å². The van der Waals surface area contributed by atoms with Gasteiger partial charge in [-0.15, -0.1) is 5.10 Å². The van der Waals surface area contributed by atoms with Crippen LogP contribution < -0.4 is 10.6 Å². The number of carbonyl (C=O) groups excluding carboxylic acids is 2. The molecule has 1 aromatic heterocycles. The average Bonchev–Trinajstić information content (AvgIpc) is 3.44. The summed E-state index contributed by atoms with van der Waals surface area (Å²) in [7, 11) is 0. The van der Waals surface area contributed by atoms with Crippen molar-refractivity contribution in [3.05, 3.63) is 66.0 Å². The lowest BCUT2D eigenvalue weighted by Crippen LogP contribution is -2.44. The van der Waals surface area contributed by atoms with E-state index in [1.807, 2.05) is 0 Å². The van der Waals surface area contributed by atoms with Crippen LogP contribution in [0.15, 0.2) is 54.6 Å². The molecule has 202 valence electrons. The van der Waals surface area contributed by atoms with Crippen molar-refractivity contribution in [1.29, 1.82) is 0 Å². The fourth-order valence-electron chi connectivity index (χ4n) is 3.87.